The Bertz CT molecular complexity index is 2240. The molecule has 0 fully saturated rings. The molecular weight excluding hydrogens is 685 g/mol. The highest BCUT2D eigenvalue weighted by Gasteiger charge is 2.35. The summed E-state index contributed by atoms with van der Waals surface area (Å²) in [6, 6.07) is 8.34. The molecule has 2 N–H and O–H groups in total. The van der Waals surface area contributed by atoms with Gasteiger partial charge in [-0.1, -0.05) is 43.7 Å². The molecule has 4 heterocycles. The van der Waals surface area contributed by atoms with Crippen molar-refractivity contribution >= 4 is 17.5 Å². The summed E-state index contributed by atoms with van der Waals surface area (Å²) < 4.78 is 74.3. The number of amides is 1. The summed E-state index contributed by atoms with van der Waals surface area (Å²) in [5.41, 5.74) is 4.92. The number of carbonyl (C=O) groups is 1. The Morgan fingerprint density at radius 2 is 1.72 bits per heavy atom. The lowest BCUT2D eigenvalue weighted by molar-refractivity contribution is -0.615. The number of nitrogens with two attached hydrogens (primary N) is 1. The first-order valence-corrected chi connectivity index (χ1v) is 15.3. The van der Waals surface area contributed by atoms with Gasteiger partial charge >= 0.3 is 6.18 Å². The summed E-state index contributed by atoms with van der Waals surface area (Å²) in [6.45, 7) is 6.16. The lowest BCUT2D eigenvalue weighted by atomic mass is 9.90. The van der Waals surface area contributed by atoms with Crippen molar-refractivity contribution in [3.05, 3.63) is 124 Å². The second kappa shape index (κ2) is 12.7. The van der Waals surface area contributed by atoms with Crippen LogP contribution in [-0.4, -0.2) is 40.5 Å². The van der Waals surface area contributed by atoms with Crippen LogP contribution in [0.25, 0.3) is 27.9 Å². The van der Waals surface area contributed by atoms with E-state index in [-0.39, 0.29) is 45.1 Å². The molecule has 0 aliphatic rings. The third-order valence-electron chi connectivity index (χ3n) is 8.03. The van der Waals surface area contributed by atoms with Gasteiger partial charge in [0.1, 0.15) is 5.82 Å². The van der Waals surface area contributed by atoms with Gasteiger partial charge in [-0.25, -0.2) is 13.5 Å². The van der Waals surface area contributed by atoms with Crippen LogP contribution in [0.1, 0.15) is 54.1 Å². The maximum Gasteiger partial charge on any atom is 0.436 e. The van der Waals surface area contributed by atoms with Crippen LogP contribution < -0.4 is 10.5 Å². The van der Waals surface area contributed by atoms with Gasteiger partial charge in [0.2, 0.25) is 5.69 Å². The average molecular weight is 712 g/mol. The first-order chi connectivity index (χ1) is 23.5. The quantitative estimate of drug-likeness (QED) is 0.112. The highest BCUT2D eigenvalue weighted by Crippen LogP contribution is 2.35. The van der Waals surface area contributed by atoms with Gasteiger partial charge < -0.3 is 10.9 Å². The highest BCUT2D eigenvalue weighted by atomic mass is 35.5. The number of rotatable bonds is 8. The standard InChI is InChI=1S/C33H27ClF5N9O2/c1-32(2,3)21-12-41-45(15-21)16-27(46-13-20(11-42-46)18-4-6-22(31(40)49)24(35)10-18)25-8-5-19(14-48(25)50)29-26(9-7-23(34)30(29)36)47-17-28(43-44-47)33(37,38)39/h4-15,17,27H,16H2,1-3H3,(H2,40,49). The van der Waals surface area contributed by atoms with Gasteiger partial charge in [-0.05, 0) is 46.9 Å². The van der Waals surface area contributed by atoms with Gasteiger partial charge in [0.15, 0.2) is 23.7 Å². The normalized spacial score (nSPS) is 12.7. The molecule has 1 unspecified atom stereocenters. The second-order valence-corrected chi connectivity index (χ2v) is 12.9. The first-order valence-electron chi connectivity index (χ1n) is 14.9. The Morgan fingerprint density at radius 3 is 2.34 bits per heavy atom. The fourth-order valence-electron chi connectivity index (χ4n) is 5.31. The molecular formula is C33H27ClF5N9O2. The van der Waals surface area contributed by atoms with Crippen LogP contribution in [-0.2, 0) is 18.1 Å². The fraction of sp³-hybridized carbons (Fsp3) is 0.212. The van der Waals surface area contributed by atoms with E-state index in [1.807, 2.05) is 27.0 Å². The molecule has 6 aromatic rings. The van der Waals surface area contributed by atoms with Gasteiger partial charge in [0.25, 0.3) is 5.91 Å². The van der Waals surface area contributed by atoms with Crippen LogP contribution in [0.15, 0.2) is 79.6 Å². The second-order valence-electron chi connectivity index (χ2n) is 12.5. The van der Waals surface area contributed by atoms with E-state index in [0.717, 1.165) is 28.6 Å². The van der Waals surface area contributed by atoms with Crippen LogP contribution in [0.3, 0.4) is 0 Å². The molecule has 50 heavy (non-hydrogen) atoms. The van der Waals surface area contributed by atoms with E-state index >= 15 is 4.39 Å². The molecule has 258 valence electrons. The van der Waals surface area contributed by atoms with Crippen molar-refractivity contribution in [1.29, 1.82) is 0 Å². The molecule has 2 aromatic carbocycles. The monoisotopic (exact) mass is 711 g/mol. The summed E-state index contributed by atoms with van der Waals surface area (Å²) in [5, 5.41) is 29.0. The Kier molecular flexibility index (Phi) is 8.67. The van der Waals surface area contributed by atoms with E-state index in [4.69, 9.17) is 17.3 Å². The molecule has 11 nitrogen and oxygen atoms in total. The van der Waals surface area contributed by atoms with Crippen molar-refractivity contribution in [3.8, 4) is 27.9 Å². The molecule has 0 spiro atoms. The molecule has 0 radical (unpaired) electrons. The number of halogens is 6. The van der Waals surface area contributed by atoms with Crippen molar-refractivity contribution < 1.29 is 31.5 Å². The number of pyridine rings is 1. The molecule has 4 aromatic heterocycles. The minimum Gasteiger partial charge on any atom is -0.618 e. The fourth-order valence-corrected chi connectivity index (χ4v) is 5.47. The van der Waals surface area contributed by atoms with Gasteiger partial charge in [0, 0.05) is 24.0 Å². The lowest BCUT2D eigenvalue weighted by Crippen LogP contribution is -2.37. The van der Waals surface area contributed by atoms with E-state index in [1.165, 1.54) is 41.2 Å². The Labute approximate surface area is 285 Å². The van der Waals surface area contributed by atoms with E-state index in [2.05, 4.69) is 20.5 Å². The van der Waals surface area contributed by atoms with Crippen LogP contribution in [0, 0.1) is 16.8 Å². The molecule has 0 aliphatic heterocycles. The van der Waals surface area contributed by atoms with E-state index in [1.54, 1.807) is 17.1 Å². The first kappa shape index (κ1) is 34.2. The summed E-state index contributed by atoms with van der Waals surface area (Å²) in [4.78, 5) is 11.5. The van der Waals surface area contributed by atoms with Crippen molar-refractivity contribution in [3.63, 3.8) is 0 Å². The van der Waals surface area contributed by atoms with E-state index in [0.29, 0.717) is 22.1 Å². The molecule has 0 aliphatic carbocycles. The lowest BCUT2D eigenvalue weighted by Gasteiger charge is -2.19. The van der Waals surface area contributed by atoms with Crippen LogP contribution in [0.4, 0.5) is 22.0 Å². The van der Waals surface area contributed by atoms with Gasteiger partial charge in [-0.15, -0.1) is 5.10 Å². The number of primary amides is 1. The predicted molar refractivity (Wildman–Crippen MR) is 171 cm³/mol. The zero-order valence-electron chi connectivity index (χ0n) is 26.5. The van der Waals surface area contributed by atoms with E-state index < -0.39 is 35.5 Å². The number of alkyl halides is 3. The molecule has 0 saturated heterocycles. The third-order valence-corrected chi connectivity index (χ3v) is 8.32. The Morgan fingerprint density at radius 1 is 0.980 bits per heavy atom. The van der Waals surface area contributed by atoms with E-state index in [9.17, 15) is 27.6 Å². The number of nitrogens with zero attached hydrogens (tertiary/aromatic N) is 8. The van der Waals surface area contributed by atoms with Crippen LogP contribution >= 0.6 is 11.6 Å². The molecule has 0 saturated carbocycles. The van der Waals surface area contributed by atoms with Gasteiger partial charge in [-0.2, -0.15) is 28.1 Å². The SMILES string of the molecule is CC(C)(C)c1cnn(CC(c2ccc(-c3c(-n4cc(C(F)(F)F)nn4)ccc(Cl)c3F)c[n+]2[O-])n2cc(-c3ccc(C(N)=O)c(F)c3)cn2)c1. The number of carbonyl (C=O) groups excluding carboxylic acids is 1. The van der Waals surface area contributed by atoms with Gasteiger partial charge in [-0.3, -0.25) is 14.2 Å². The molecule has 17 heteroatoms. The maximum absolute atomic E-state index is 15.6. The number of aromatic nitrogens is 8. The zero-order chi connectivity index (χ0) is 36.1. The number of hydrogen-bond acceptors (Lipinski definition) is 6. The van der Waals surface area contributed by atoms with Gasteiger partial charge in [0.05, 0.1) is 52.5 Å². The Hall–Kier alpha value is -5.64. The smallest absolute Gasteiger partial charge is 0.436 e. The van der Waals surface area contributed by atoms with Crippen LogP contribution in [0.5, 0.6) is 0 Å². The van der Waals surface area contributed by atoms with Crippen LogP contribution in [0.2, 0.25) is 5.02 Å². The third kappa shape index (κ3) is 6.65. The largest absolute Gasteiger partial charge is 0.618 e. The minimum atomic E-state index is -4.80. The van der Waals surface area contributed by atoms with Crippen molar-refractivity contribution in [2.75, 3.05) is 0 Å². The predicted octanol–water partition coefficient (Wildman–Crippen LogP) is 6.26. The summed E-state index contributed by atoms with van der Waals surface area (Å²) in [6.07, 6.45) is 3.45. The van der Waals surface area contributed by atoms with Crippen molar-refractivity contribution in [1.82, 2.24) is 34.6 Å². The van der Waals surface area contributed by atoms with Crippen molar-refractivity contribution in [2.24, 2.45) is 5.73 Å². The molecule has 1 amide bonds. The molecule has 0 bridgehead atoms. The molecule has 6 rings (SSSR count). The number of hydrogen-bond donors (Lipinski definition) is 1. The average Bonchev–Trinajstić information content (AvgIpc) is 3.82. The zero-order valence-corrected chi connectivity index (χ0v) is 27.3. The minimum absolute atomic E-state index is 0.0122. The number of benzene rings is 2. The summed E-state index contributed by atoms with van der Waals surface area (Å²) in [5.74, 6) is -2.72. The maximum atomic E-state index is 15.6. The summed E-state index contributed by atoms with van der Waals surface area (Å²) >= 11 is 6.06. The summed E-state index contributed by atoms with van der Waals surface area (Å²) in [7, 11) is 0. The Balaban J connectivity index is 1.43. The van der Waals surface area contributed by atoms with Crippen molar-refractivity contribution in [2.45, 2.75) is 44.9 Å². The molecule has 1 atom stereocenters. The topological polar surface area (TPSA) is 136 Å². The highest BCUT2D eigenvalue weighted by molar-refractivity contribution is 6.31.